The first-order valence-corrected chi connectivity index (χ1v) is 8.46. The lowest BCUT2D eigenvalue weighted by Crippen LogP contribution is -3.09. The van der Waals surface area contributed by atoms with Gasteiger partial charge in [-0.1, -0.05) is 0 Å². The van der Waals surface area contributed by atoms with Crippen molar-refractivity contribution >= 4 is 11.9 Å². The third-order valence-corrected chi connectivity index (χ3v) is 3.92. The molecule has 9 heteroatoms. The van der Waals surface area contributed by atoms with Gasteiger partial charge in [0, 0.05) is 5.56 Å². The molecule has 2 aromatic rings. The molecule has 0 saturated carbocycles. The lowest BCUT2D eigenvalue weighted by Gasteiger charge is -2.07. The van der Waals surface area contributed by atoms with Crippen LogP contribution in [0.5, 0.6) is 0 Å². The average Bonchev–Trinajstić information content (AvgIpc) is 3.12. The molecular formula is C19H26Cl2N2O5. The van der Waals surface area contributed by atoms with Gasteiger partial charge in [-0.15, -0.1) is 0 Å². The van der Waals surface area contributed by atoms with Crippen LogP contribution in [0.25, 0.3) is 11.3 Å². The maximum Gasteiger partial charge on any atom is 0.337 e. The molecule has 1 aromatic heterocycles. The zero-order valence-electron chi connectivity index (χ0n) is 16.4. The van der Waals surface area contributed by atoms with Crippen molar-refractivity contribution in [1.82, 2.24) is 0 Å². The average molecular weight is 433 g/mol. The Labute approximate surface area is 177 Å². The molecule has 7 nitrogen and oxygen atoms in total. The summed E-state index contributed by atoms with van der Waals surface area (Å²) in [6, 6.07) is 8.46. The summed E-state index contributed by atoms with van der Waals surface area (Å²) >= 11 is 0. The molecule has 0 radical (unpaired) electrons. The van der Waals surface area contributed by atoms with Crippen LogP contribution >= 0.6 is 0 Å². The second-order valence-corrected chi connectivity index (χ2v) is 6.29. The minimum Gasteiger partial charge on any atom is -1.00 e. The van der Waals surface area contributed by atoms with Crippen LogP contribution in [0.2, 0.25) is 0 Å². The Kier molecular flexibility index (Phi) is 11.5. The fraction of sp³-hybridized carbons (Fsp3) is 0.368. The normalized spacial score (nSPS) is 10.0. The summed E-state index contributed by atoms with van der Waals surface area (Å²) in [6.45, 7) is 2.80. The van der Waals surface area contributed by atoms with Gasteiger partial charge in [0.1, 0.15) is 25.4 Å². The van der Waals surface area contributed by atoms with E-state index in [1.165, 1.54) is 25.2 Å². The van der Waals surface area contributed by atoms with Crippen molar-refractivity contribution in [2.24, 2.45) is 0 Å². The highest BCUT2D eigenvalue weighted by molar-refractivity contribution is 5.97. The summed E-state index contributed by atoms with van der Waals surface area (Å²) in [5, 5.41) is 2.18. The lowest BCUT2D eigenvalue weighted by molar-refractivity contribution is -0.875. The number of benzene rings is 1. The van der Waals surface area contributed by atoms with Gasteiger partial charge in [-0.05, 0) is 30.3 Å². The quantitative estimate of drug-likeness (QED) is 0.320. The SMILES string of the molecule is COC(=O)c1cc(C(=O)OC)cc(-c2ccc(C[NH2+]CC[NH+](C)C)o2)c1.[Cl-].[Cl-]. The van der Waals surface area contributed by atoms with Crippen LogP contribution in [0.4, 0.5) is 0 Å². The highest BCUT2D eigenvalue weighted by atomic mass is 35.5. The van der Waals surface area contributed by atoms with Crippen LogP contribution in [0.1, 0.15) is 26.5 Å². The molecule has 0 bridgehead atoms. The van der Waals surface area contributed by atoms with Crippen LogP contribution in [0.3, 0.4) is 0 Å². The molecule has 3 N–H and O–H groups in total. The van der Waals surface area contributed by atoms with Gasteiger partial charge < -0.3 is 48.9 Å². The first kappa shape index (κ1) is 25.9. The highest BCUT2D eigenvalue weighted by Crippen LogP contribution is 2.25. The number of carbonyl (C=O) groups excluding carboxylic acids is 2. The summed E-state index contributed by atoms with van der Waals surface area (Å²) in [5.74, 6) is 0.367. The first-order valence-electron chi connectivity index (χ1n) is 8.46. The minimum absolute atomic E-state index is 0. The van der Waals surface area contributed by atoms with Gasteiger partial charge in [0.25, 0.3) is 0 Å². The Morgan fingerprint density at radius 3 is 2.07 bits per heavy atom. The first-order chi connectivity index (χ1) is 12.4. The van der Waals surface area contributed by atoms with E-state index in [4.69, 9.17) is 13.9 Å². The molecule has 2 rings (SSSR count). The summed E-state index contributed by atoms with van der Waals surface area (Å²) in [5.41, 5.74) is 1.16. The topological polar surface area (TPSA) is 86.8 Å². The van der Waals surface area contributed by atoms with Crippen LogP contribution in [0, 0.1) is 0 Å². The molecular weight excluding hydrogens is 407 g/mol. The number of hydrogen-bond donors (Lipinski definition) is 2. The van der Waals surface area contributed by atoms with Gasteiger partial charge in [0.05, 0.1) is 39.4 Å². The van der Waals surface area contributed by atoms with Crippen molar-refractivity contribution in [3.8, 4) is 11.3 Å². The fourth-order valence-corrected chi connectivity index (χ4v) is 2.52. The number of nitrogens with two attached hydrogens (primary N) is 1. The summed E-state index contributed by atoms with van der Waals surface area (Å²) in [4.78, 5) is 25.2. The van der Waals surface area contributed by atoms with E-state index in [9.17, 15) is 9.59 Å². The number of furan rings is 1. The maximum absolute atomic E-state index is 11.9. The molecule has 0 aliphatic rings. The number of nitrogens with one attached hydrogen (secondary N) is 1. The van der Waals surface area contributed by atoms with E-state index in [0.717, 1.165) is 25.4 Å². The van der Waals surface area contributed by atoms with Gasteiger partial charge in [0.15, 0.2) is 5.76 Å². The van der Waals surface area contributed by atoms with Crippen LogP contribution in [0.15, 0.2) is 34.7 Å². The number of likely N-dealkylation sites (N-methyl/N-ethyl adjacent to an activating group) is 1. The van der Waals surface area contributed by atoms with Gasteiger partial charge in [-0.3, -0.25) is 0 Å². The van der Waals surface area contributed by atoms with E-state index in [-0.39, 0.29) is 35.9 Å². The fourth-order valence-electron chi connectivity index (χ4n) is 2.52. The second-order valence-electron chi connectivity index (χ2n) is 6.29. The Morgan fingerprint density at radius 2 is 1.57 bits per heavy atom. The number of esters is 2. The van der Waals surface area contributed by atoms with Crippen molar-refractivity contribution in [3.63, 3.8) is 0 Å². The second kappa shape index (κ2) is 12.4. The standard InChI is InChI=1S/C19H24N2O5.2ClH/c1-21(2)8-7-20-12-16-5-6-17(26-16)13-9-14(18(22)24-3)11-15(10-13)19(23)25-4;;/h5-6,9-11,20H,7-8,12H2,1-4H3;2*1H. The molecule has 0 fully saturated rings. The van der Waals surface area contributed by atoms with E-state index in [1.54, 1.807) is 12.1 Å². The van der Waals surface area contributed by atoms with Crippen molar-refractivity contribution in [1.29, 1.82) is 0 Å². The number of halogens is 2. The molecule has 0 unspecified atom stereocenters. The van der Waals surface area contributed by atoms with E-state index >= 15 is 0 Å². The number of methoxy groups -OCH3 is 2. The molecule has 0 aliphatic heterocycles. The lowest BCUT2D eigenvalue weighted by atomic mass is 10.0. The Morgan fingerprint density at radius 1 is 1.00 bits per heavy atom. The van der Waals surface area contributed by atoms with Crippen LogP contribution < -0.4 is 35.0 Å². The molecule has 0 amide bonds. The molecule has 0 spiro atoms. The largest absolute Gasteiger partial charge is 1.00 e. The molecule has 156 valence electrons. The number of rotatable bonds is 8. The van der Waals surface area contributed by atoms with Gasteiger partial charge >= 0.3 is 11.9 Å². The molecule has 0 saturated heterocycles. The number of quaternary nitrogens is 2. The Balaban J connectivity index is 0.00000364. The van der Waals surface area contributed by atoms with E-state index in [0.29, 0.717) is 11.3 Å². The minimum atomic E-state index is -0.525. The summed E-state index contributed by atoms with van der Waals surface area (Å²) in [7, 11) is 6.82. The summed E-state index contributed by atoms with van der Waals surface area (Å²) in [6.07, 6.45) is 0. The molecule has 1 aromatic carbocycles. The molecule has 0 atom stereocenters. The Hall–Kier alpha value is -2.06. The van der Waals surface area contributed by atoms with Crippen molar-refractivity contribution in [3.05, 3.63) is 47.2 Å². The smallest absolute Gasteiger partial charge is 0.337 e. The van der Waals surface area contributed by atoms with Gasteiger partial charge in [0.2, 0.25) is 0 Å². The third-order valence-electron chi connectivity index (χ3n) is 3.92. The van der Waals surface area contributed by atoms with E-state index in [1.807, 2.05) is 12.1 Å². The van der Waals surface area contributed by atoms with E-state index < -0.39 is 11.9 Å². The Bertz CT molecular complexity index is 743. The summed E-state index contributed by atoms with van der Waals surface area (Å²) < 4.78 is 15.4. The highest BCUT2D eigenvalue weighted by Gasteiger charge is 2.16. The predicted molar refractivity (Wildman–Crippen MR) is 95.0 cm³/mol. The van der Waals surface area contributed by atoms with Crippen molar-refractivity contribution < 1.29 is 58.5 Å². The number of carbonyl (C=O) groups is 2. The van der Waals surface area contributed by atoms with Crippen molar-refractivity contribution in [2.45, 2.75) is 6.54 Å². The number of ether oxygens (including phenoxy) is 2. The van der Waals surface area contributed by atoms with E-state index in [2.05, 4.69) is 19.4 Å². The maximum atomic E-state index is 11.9. The van der Waals surface area contributed by atoms with Gasteiger partial charge in [-0.25, -0.2) is 9.59 Å². The van der Waals surface area contributed by atoms with Gasteiger partial charge in [-0.2, -0.15) is 0 Å². The molecule has 1 heterocycles. The van der Waals surface area contributed by atoms with Crippen molar-refractivity contribution in [2.75, 3.05) is 41.4 Å². The number of hydrogen-bond acceptors (Lipinski definition) is 5. The van der Waals surface area contributed by atoms with Crippen LogP contribution in [-0.2, 0) is 16.0 Å². The predicted octanol–water partition coefficient (Wildman–Crippen LogP) is -6.26. The van der Waals surface area contributed by atoms with Crippen LogP contribution in [-0.4, -0.2) is 53.3 Å². The molecule has 0 aliphatic carbocycles. The zero-order valence-corrected chi connectivity index (χ0v) is 17.9. The third kappa shape index (κ3) is 7.16. The zero-order chi connectivity index (χ0) is 19.1. The monoisotopic (exact) mass is 432 g/mol. The molecule has 28 heavy (non-hydrogen) atoms.